The number of nitriles is 2. The molecule has 0 bridgehead atoms. The molecule has 1 aromatic heterocycles. The number of rotatable bonds is 6. The van der Waals surface area contributed by atoms with E-state index in [0.29, 0.717) is 35.5 Å². The van der Waals surface area contributed by atoms with Gasteiger partial charge in [0, 0.05) is 12.1 Å². The van der Waals surface area contributed by atoms with Gasteiger partial charge in [-0.2, -0.15) is 29.2 Å². The van der Waals surface area contributed by atoms with E-state index in [1.807, 2.05) is 6.92 Å². The summed E-state index contributed by atoms with van der Waals surface area (Å²) in [5.41, 5.74) is 2.72. The van der Waals surface area contributed by atoms with Crippen molar-refractivity contribution in [2.75, 3.05) is 24.5 Å². The summed E-state index contributed by atoms with van der Waals surface area (Å²) in [5.74, 6) is -3.18. The van der Waals surface area contributed by atoms with Crippen LogP contribution < -0.4 is 15.7 Å². The second-order valence-corrected chi connectivity index (χ2v) is 10.3. The Bertz CT molecular complexity index is 1330. The first kappa shape index (κ1) is 28.2. The number of thioether (sulfide) groups is 1. The second-order valence-electron chi connectivity index (χ2n) is 9.18. The summed E-state index contributed by atoms with van der Waals surface area (Å²) < 4.78 is 37.9. The highest BCUT2D eigenvalue weighted by molar-refractivity contribution is 8.00. The van der Waals surface area contributed by atoms with Gasteiger partial charge >= 0.3 is 12.1 Å². The van der Waals surface area contributed by atoms with Crippen LogP contribution in [-0.2, 0) is 20.8 Å². The lowest BCUT2D eigenvalue weighted by Crippen LogP contribution is -2.64. The third-order valence-electron chi connectivity index (χ3n) is 7.03. The van der Waals surface area contributed by atoms with Gasteiger partial charge < -0.3 is 15.1 Å². The smallest absolute Gasteiger partial charge is 0.350 e. The van der Waals surface area contributed by atoms with E-state index in [9.17, 15) is 33.3 Å². The maximum Gasteiger partial charge on any atom is 0.493 e. The maximum atomic E-state index is 13.0. The third kappa shape index (κ3) is 5.65. The number of nitrogens with zero attached hydrogens (tertiary/aromatic N) is 4. The van der Waals surface area contributed by atoms with Crippen molar-refractivity contribution in [1.29, 1.82) is 10.5 Å². The number of pyridine rings is 1. The molecular formula is C26H25F3N6O3S. The number of nitrogens with one attached hydrogen (secondary N) is 2. The van der Waals surface area contributed by atoms with Crippen LogP contribution in [0.3, 0.4) is 0 Å². The fourth-order valence-electron chi connectivity index (χ4n) is 4.97. The topological polar surface area (TPSA) is 131 Å². The van der Waals surface area contributed by atoms with E-state index in [-0.39, 0.29) is 16.1 Å². The first-order valence-electron chi connectivity index (χ1n) is 12.3. The molecule has 0 saturated carbocycles. The summed E-state index contributed by atoms with van der Waals surface area (Å²) >= 11 is 0.844. The number of hydrogen-bond donors (Lipinski definition) is 2. The predicted molar refractivity (Wildman–Crippen MR) is 135 cm³/mol. The van der Waals surface area contributed by atoms with E-state index >= 15 is 0 Å². The molecule has 0 aliphatic carbocycles. The van der Waals surface area contributed by atoms with Gasteiger partial charge in [-0.15, -0.1) is 0 Å². The lowest BCUT2D eigenvalue weighted by molar-refractivity contribution is -0.207. The fraction of sp³-hybridized carbons (Fsp3) is 0.423. The Morgan fingerprint density at radius 2 is 1.85 bits per heavy atom. The van der Waals surface area contributed by atoms with Crippen LogP contribution in [0.15, 0.2) is 35.4 Å². The van der Waals surface area contributed by atoms with Crippen molar-refractivity contribution in [2.45, 2.75) is 54.6 Å². The van der Waals surface area contributed by atoms with Gasteiger partial charge in [-0.05, 0) is 49.9 Å². The van der Waals surface area contributed by atoms with Crippen LogP contribution in [-0.4, -0.2) is 48.2 Å². The van der Waals surface area contributed by atoms with Crippen molar-refractivity contribution in [3.05, 3.63) is 52.6 Å². The van der Waals surface area contributed by atoms with Gasteiger partial charge in [0.2, 0.25) is 0 Å². The lowest BCUT2D eigenvalue weighted by Gasteiger charge is -2.56. The highest BCUT2D eigenvalue weighted by Gasteiger charge is 2.47. The van der Waals surface area contributed by atoms with Crippen molar-refractivity contribution < 1.29 is 27.6 Å². The van der Waals surface area contributed by atoms with Crippen molar-refractivity contribution in [3.63, 3.8) is 0 Å². The summed E-state index contributed by atoms with van der Waals surface area (Å²) in [6.07, 6.45) is -2.28. The summed E-state index contributed by atoms with van der Waals surface area (Å²) in [4.78, 5) is 35.0. The number of halogens is 3. The average Bonchev–Trinajstić information content (AvgIpc) is 2.93. The molecule has 4 rings (SSSR count). The first-order chi connectivity index (χ1) is 18.6. The van der Waals surface area contributed by atoms with Crippen LogP contribution in [0.5, 0.6) is 0 Å². The average molecular weight is 559 g/mol. The van der Waals surface area contributed by atoms with Gasteiger partial charge in [-0.3, -0.25) is 4.79 Å². The molecule has 1 aromatic carbocycles. The molecule has 9 nitrogen and oxygen atoms in total. The minimum Gasteiger partial charge on any atom is -0.350 e. The lowest BCUT2D eigenvalue weighted by atomic mass is 9.76. The Labute approximate surface area is 227 Å². The van der Waals surface area contributed by atoms with Gasteiger partial charge in [0.1, 0.15) is 28.2 Å². The highest BCUT2D eigenvalue weighted by Crippen LogP contribution is 2.45. The summed E-state index contributed by atoms with van der Waals surface area (Å²) in [6, 6.07) is 12.5. The van der Waals surface area contributed by atoms with E-state index in [2.05, 4.69) is 27.2 Å². The Hall–Kier alpha value is -3.81. The van der Waals surface area contributed by atoms with Crippen LogP contribution in [0.1, 0.15) is 53.7 Å². The van der Waals surface area contributed by atoms with Crippen LogP contribution in [0.2, 0.25) is 0 Å². The normalized spacial score (nSPS) is 16.9. The van der Waals surface area contributed by atoms with Crippen molar-refractivity contribution in [3.8, 4) is 12.1 Å². The number of benzene rings is 1. The zero-order chi connectivity index (χ0) is 28.2. The highest BCUT2D eigenvalue weighted by atomic mass is 32.2. The number of piperidine rings is 1. The fourth-order valence-corrected chi connectivity index (χ4v) is 6.06. The molecule has 1 unspecified atom stereocenters. The number of amides is 1. The molecule has 2 aromatic rings. The maximum absolute atomic E-state index is 13.0. The van der Waals surface area contributed by atoms with Crippen LogP contribution >= 0.6 is 11.8 Å². The molecule has 1 atom stereocenters. The molecule has 1 spiro atoms. The van der Waals surface area contributed by atoms with Crippen molar-refractivity contribution in [2.24, 2.45) is 0 Å². The summed E-state index contributed by atoms with van der Waals surface area (Å²) in [5, 5.41) is 22.4. The molecule has 13 heteroatoms. The largest absolute Gasteiger partial charge is 0.493 e. The Balaban J connectivity index is 1.75. The van der Waals surface area contributed by atoms with E-state index in [4.69, 9.17) is 4.98 Å². The SMILES string of the molecule is CCc1c(C#N)c(SC(C(=O)NOC(=O)C(F)(F)F)c2ccccc2)nc(N2CCC23CCNCC3)c1C#N. The van der Waals surface area contributed by atoms with E-state index in [1.54, 1.807) is 35.8 Å². The molecular weight excluding hydrogens is 533 g/mol. The van der Waals surface area contributed by atoms with E-state index in [1.165, 1.54) is 0 Å². The molecule has 2 N–H and O–H groups in total. The second kappa shape index (κ2) is 11.5. The standard InChI is InChI=1S/C26H25F3N6O3S/c1-2-17-18(14-30)21(35-13-10-25(35)8-11-32-12-9-25)33-23(19(17)15-31)39-20(16-6-4-3-5-7-16)22(36)34-38-24(37)26(27,28)29/h3-7,20,32H,2,8-13H2,1H3,(H,34,36). The zero-order valence-electron chi connectivity index (χ0n) is 21.0. The number of alkyl halides is 3. The molecule has 0 radical (unpaired) electrons. The molecule has 2 aliphatic rings. The Morgan fingerprint density at radius 3 is 2.38 bits per heavy atom. The summed E-state index contributed by atoms with van der Waals surface area (Å²) in [7, 11) is 0. The predicted octanol–water partition coefficient (Wildman–Crippen LogP) is 3.69. The molecule has 39 heavy (non-hydrogen) atoms. The number of hydroxylamine groups is 1. The Kier molecular flexibility index (Phi) is 8.33. The quantitative estimate of drug-likeness (QED) is 0.403. The molecule has 2 aliphatic heterocycles. The van der Waals surface area contributed by atoms with E-state index in [0.717, 1.165) is 44.1 Å². The Morgan fingerprint density at radius 1 is 1.18 bits per heavy atom. The number of carbonyl (C=O) groups excluding carboxylic acids is 2. The van der Waals surface area contributed by atoms with Crippen molar-refractivity contribution in [1.82, 2.24) is 15.8 Å². The van der Waals surface area contributed by atoms with Crippen LogP contribution in [0, 0.1) is 22.7 Å². The molecule has 1 amide bonds. The molecule has 3 heterocycles. The zero-order valence-corrected chi connectivity index (χ0v) is 21.8. The van der Waals surface area contributed by atoms with Gasteiger partial charge in [0.25, 0.3) is 5.91 Å². The molecule has 2 saturated heterocycles. The monoisotopic (exact) mass is 558 g/mol. The number of carbonyl (C=O) groups is 2. The van der Waals surface area contributed by atoms with Crippen molar-refractivity contribution >= 4 is 29.5 Å². The number of anilines is 1. The number of aromatic nitrogens is 1. The van der Waals surface area contributed by atoms with Gasteiger partial charge in [0.05, 0.1) is 11.1 Å². The van der Waals surface area contributed by atoms with E-state index < -0.39 is 23.3 Å². The first-order valence-corrected chi connectivity index (χ1v) is 13.2. The third-order valence-corrected chi connectivity index (χ3v) is 8.28. The van der Waals surface area contributed by atoms with Gasteiger partial charge in [-0.1, -0.05) is 49.0 Å². The minimum atomic E-state index is -5.29. The van der Waals surface area contributed by atoms with Gasteiger partial charge in [0.15, 0.2) is 0 Å². The van der Waals surface area contributed by atoms with Crippen LogP contribution in [0.25, 0.3) is 0 Å². The van der Waals surface area contributed by atoms with Crippen LogP contribution in [0.4, 0.5) is 19.0 Å². The molecule has 204 valence electrons. The van der Waals surface area contributed by atoms with Gasteiger partial charge in [-0.25, -0.2) is 9.78 Å². The minimum absolute atomic E-state index is 0.115. The summed E-state index contributed by atoms with van der Waals surface area (Å²) in [6.45, 7) is 4.13. The molecule has 2 fully saturated rings. The number of hydrogen-bond acceptors (Lipinski definition) is 9.